The van der Waals surface area contributed by atoms with Gasteiger partial charge in [0.15, 0.2) is 0 Å². The quantitative estimate of drug-likeness (QED) is 0.577. The van der Waals surface area contributed by atoms with Gasteiger partial charge in [0.1, 0.15) is 0 Å². The molecule has 0 aliphatic carbocycles. The number of hydrogen-bond acceptors (Lipinski definition) is 6. The molecular formula is C22H25ClN2O6S. The Morgan fingerprint density at radius 3 is 2.53 bits per heavy atom. The Balaban J connectivity index is 1.82. The molecule has 0 unspecified atom stereocenters. The van der Waals surface area contributed by atoms with E-state index in [0.29, 0.717) is 48.8 Å². The molecule has 0 amide bonds. The van der Waals surface area contributed by atoms with Gasteiger partial charge in [0.2, 0.25) is 0 Å². The molecule has 3 rings (SSSR count). The number of nitrogens with one attached hydrogen (secondary N) is 1. The molecule has 0 saturated carbocycles. The Morgan fingerprint density at radius 1 is 1.22 bits per heavy atom. The smallest absolute Gasteiger partial charge is 0.337 e. The number of ether oxygens (including phenoxy) is 1. The third-order valence-electron chi connectivity index (χ3n) is 5.44. The Hall–Kier alpha value is -2.78. The van der Waals surface area contributed by atoms with Crippen molar-refractivity contribution in [3.8, 4) is 0 Å². The van der Waals surface area contributed by atoms with Crippen molar-refractivity contribution < 1.29 is 27.9 Å². The number of piperidine rings is 1. The number of carbonyl (C=O) groups is 2. The lowest BCUT2D eigenvalue weighted by Gasteiger charge is -2.33. The van der Waals surface area contributed by atoms with Gasteiger partial charge in [-0.05, 0) is 62.6 Å². The number of hydrogen-bond donors (Lipinski definition) is 2. The van der Waals surface area contributed by atoms with Gasteiger partial charge >= 0.3 is 11.9 Å². The van der Waals surface area contributed by atoms with Gasteiger partial charge in [0, 0.05) is 23.8 Å². The second-order valence-electron chi connectivity index (χ2n) is 7.52. The number of nitrogens with zero attached hydrogens (tertiary/aromatic N) is 1. The topological polar surface area (TPSA) is 113 Å². The molecule has 1 saturated heterocycles. The highest BCUT2D eigenvalue weighted by atomic mass is 35.5. The maximum absolute atomic E-state index is 12.8. The number of carboxylic acid groups (broad SMARTS) is 1. The maximum Gasteiger partial charge on any atom is 0.337 e. The van der Waals surface area contributed by atoms with E-state index in [2.05, 4.69) is 4.72 Å². The van der Waals surface area contributed by atoms with E-state index in [-0.39, 0.29) is 28.0 Å². The highest BCUT2D eigenvalue weighted by Crippen LogP contribution is 2.31. The summed E-state index contributed by atoms with van der Waals surface area (Å²) in [6.07, 6.45) is 1.11. The molecule has 1 aliphatic heterocycles. The van der Waals surface area contributed by atoms with Crippen LogP contribution < -0.4 is 9.62 Å². The summed E-state index contributed by atoms with van der Waals surface area (Å²) in [6, 6.07) is 8.97. The summed E-state index contributed by atoms with van der Waals surface area (Å²) in [5.74, 6) is -1.61. The van der Waals surface area contributed by atoms with E-state index in [0.717, 1.165) is 0 Å². The monoisotopic (exact) mass is 480 g/mol. The zero-order valence-corrected chi connectivity index (χ0v) is 19.4. The van der Waals surface area contributed by atoms with Crippen LogP contribution in [0.1, 0.15) is 35.7 Å². The lowest BCUT2D eigenvalue weighted by molar-refractivity contribution is -0.148. The molecular weight excluding hydrogens is 456 g/mol. The van der Waals surface area contributed by atoms with E-state index >= 15 is 0 Å². The minimum Gasteiger partial charge on any atom is -0.478 e. The highest BCUT2D eigenvalue weighted by molar-refractivity contribution is 7.92. The Bertz CT molecular complexity index is 1130. The van der Waals surface area contributed by atoms with Gasteiger partial charge in [-0.1, -0.05) is 17.7 Å². The fourth-order valence-electron chi connectivity index (χ4n) is 3.75. The fraction of sp³-hybridized carbons (Fsp3) is 0.364. The number of esters is 1. The van der Waals surface area contributed by atoms with Gasteiger partial charge in [-0.25, -0.2) is 13.2 Å². The number of halogens is 1. The number of benzene rings is 2. The summed E-state index contributed by atoms with van der Waals surface area (Å²) in [6.45, 7) is 4.68. The summed E-state index contributed by atoms with van der Waals surface area (Å²) < 4.78 is 33.2. The molecule has 172 valence electrons. The number of carbonyl (C=O) groups excluding carboxylic acids is 1. The average molecular weight is 481 g/mol. The van der Waals surface area contributed by atoms with Crippen LogP contribution in [0, 0.1) is 12.8 Å². The average Bonchev–Trinajstić information content (AvgIpc) is 2.75. The first kappa shape index (κ1) is 23.9. The zero-order chi connectivity index (χ0) is 23.5. The normalized spacial score (nSPS) is 14.8. The number of carboxylic acids is 1. The summed E-state index contributed by atoms with van der Waals surface area (Å²) in [7, 11) is -3.96. The van der Waals surface area contributed by atoms with Crippen molar-refractivity contribution in [2.45, 2.75) is 31.6 Å². The molecule has 0 atom stereocenters. The van der Waals surface area contributed by atoms with Crippen LogP contribution in [-0.4, -0.2) is 45.2 Å². The number of rotatable bonds is 7. The highest BCUT2D eigenvalue weighted by Gasteiger charge is 2.28. The Labute approximate surface area is 192 Å². The molecule has 1 aliphatic rings. The number of sulfonamides is 1. The molecule has 32 heavy (non-hydrogen) atoms. The molecule has 1 heterocycles. The zero-order valence-electron chi connectivity index (χ0n) is 17.8. The number of aromatic carboxylic acids is 1. The van der Waals surface area contributed by atoms with Crippen molar-refractivity contribution in [2.24, 2.45) is 5.92 Å². The van der Waals surface area contributed by atoms with Crippen molar-refractivity contribution in [2.75, 3.05) is 29.3 Å². The van der Waals surface area contributed by atoms with Crippen molar-refractivity contribution in [1.29, 1.82) is 0 Å². The molecule has 2 aromatic rings. The van der Waals surface area contributed by atoms with Crippen molar-refractivity contribution in [1.82, 2.24) is 0 Å². The van der Waals surface area contributed by atoms with E-state index in [4.69, 9.17) is 16.3 Å². The molecule has 0 aromatic heterocycles. The predicted octanol–water partition coefficient (Wildman–Crippen LogP) is 3.93. The van der Waals surface area contributed by atoms with Crippen LogP contribution in [0.5, 0.6) is 0 Å². The molecule has 0 radical (unpaired) electrons. The number of anilines is 2. The standard InChI is InChI=1S/C22H25ClN2O6S/c1-3-31-22(28)15-9-11-25(12-10-15)19-8-7-16(13-17(19)21(26)27)24-32(29,30)20-6-4-5-18(23)14(20)2/h4-8,13,15,24H,3,9-12H2,1-2H3,(H,26,27). The van der Waals surface area contributed by atoms with Gasteiger partial charge in [-0.3, -0.25) is 9.52 Å². The summed E-state index contributed by atoms with van der Waals surface area (Å²) >= 11 is 6.04. The van der Waals surface area contributed by atoms with Gasteiger partial charge in [0.25, 0.3) is 10.0 Å². The van der Waals surface area contributed by atoms with Gasteiger partial charge < -0.3 is 14.7 Å². The third kappa shape index (κ3) is 5.16. The molecule has 1 fully saturated rings. The first-order valence-corrected chi connectivity index (χ1v) is 12.1. The minimum absolute atomic E-state index is 0.0204. The Morgan fingerprint density at radius 2 is 1.91 bits per heavy atom. The molecule has 8 nitrogen and oxygen atoms in total. The molecule has 0 bridgehead atoms. The first-order chi connectivity index (χ1) is 15.1. The molecule has 2 aromatic carbocycles. The van der Waals surface area contributed by atoms with Crippen molar-refractivity contribution in [3.63, 3.8) is 0 Å². The van der Waals surface area contributed by atoms with Crippen molar-refractivity contribution >= 4 is 44.9 Å². The van der Waals surface area contributed by atoms with E-state index in [1.807, 2.05) is 4.90 Å². The van der Waals surface area contributed by atoms with Gasteiger partial charge in [0.05, 0.1) is 28.7 Å². The SMILES string of the molecule is CCOC(=O)C1CCN(c2ccc(NS(=O)(=O)c3cccc(Cl)c3C)cc2C(=O)O)CC1. The van der Waals surface area contributed by atoms with Crippen LogP contribution in [0.15, 0.2) is 41.3 Å². The maximum atomic E-state index is 12.8. The van der Waals surface area contributed by atoms with E-state index in [1.165, 1.54) is 24.3 Å². The first-order valence-electron chi connectivity index (χ1n) is 10.2. The van der Waals surface area contributed by atoms with Crippen LogP contribution >= 0.6 is 11.6 Å². The van der Waals surface area contributed by atoms with Crippen LogP contribution in [-0.2, 0) is 19.6 Å². The summed E-state index contributed by atoms with van der Waals surface area (Å²) in [5, 5.41) is 10.1. The van der Waals surface area contributed by atoms with Gasteiger partial charge in [-0.15, -0.1) is 0 Å². The molecule has 10 heteroatoms. The third-order valence-corrected chi connectivity index (χ3v) is 7.38. The molecule has 0 spiro atoms. The summed E-state index contributed by atoms with van der Waals surface area (Å²) in [5.41, 5.74) is 0.984. The second kappa shape index (κ2) is 9.79. The predicted molar refractivity (Wildman–Crippen MR) is 122 cm³/mol. The van der Waals surface area contributed by atoms with E-state index in [1.54, 1.807) is 26.0 Å². The van der Waals surface area contributed by atoms with Crippen LogP contribution in [0.2, 0.25) is 5.02 Å². The van der Waals surface area contributed by atoms with Crippen LogP contribution in [0.4, 0.5) is 11.4 Å². The van der Waals surface area contributed by atoms with Crippen molar-refractivity contribution in [3.05, 3.63) is 52.5 Å². The minimum atomic E-state index is -3.96. The van der Waals surface area contributed by atoms with Crippen LogP contribution in [0.3, 0.4) is 0 Å². The van der Waals surface area contributed by atoms with Gasteiger partial charge in [-0.2, -0.15) is 0 Å². The van der Waals surface area contributed by atoms with Crippen LogP contribution in [0.25, 0.3) is 0 Å². The van der Waals surface area contributed by atoms with E-state index < -0.39 is 16.0 Å². The Kier molecular flexibility index (Phi) is 7.30. The van der Waals surface area contributed by atoms with E-state index in [9.17, 15) is 23.1 Å². The molecule has 2 N–H and O–H groups in total. The largest absolute Gasteiger partial charge is 0.478 e. The fourth-order valence-corrected chi connectivity index (χ4v) is 5.30. The second-order valence-corrected chi connectivity index (χ2v) is 9.58. The lowest BCUT2D eigenvalue weighted by Crippen LogP contribution is -2.37. The lowest BCUT2D eigenvalue weighted by atomic mass is 9.96. The summed E-state index contributed by atoms with van der Waals surface area (Å²) in [4.78, 5) is 25.8.